The van der Waals surface area contributed by atoms with Crippen LogP contribution in [0.25, 0.3) is 0 Å². The van der Waals surface area contributed by atoms with Crippen molar-refractivity contribution >= 4 is 27.8 Å². The Hall–Kier alpha value is -2.29. The number of carbonyl (C=O) groups excluding carboxylic acids is 1. The second-order valence-corrected chi connectivity index (χ2v) is 7.28. The number of rotatable bonds is 4. The van der Waals surface area contributed by atoms with Gasteiger partial charge in [0.2, 0.25) is 0 Å². The number of amides is 1. The van der Waals surface area contributed by atoms with E-state index in [0.29, 0.717) is 45.0 Å². The number of nitrogens with zero attached hydrogens (tertiary/aromatic N) is 3. The lowest BCUT2D eigenvalue weighted by atomic mass is 10.2. The van der Waals surface area contributed by atoms with E-state index < -0.39 is 11.7 Å². The minimum absolute atomic E-state index is 0.293. The van der Waals surface area contributed by atoms with E-state index in [4.69, 9.17) is 4.74 Å². The minimum Gasteiger partial charge on any atom is -0.449 e. The van der Waals surface area contributed by atoms with E-state index in [1.165, 1.54) is 6.07 Å². The standard InChI is InChI=1S/C19H19BrF3N3O2/c20-16-4-1-14(2-5-16)7-12-28-18(27)26-10-8-25(9-11-26)17-6-3-15(13-24-17)19(21,22)23/h1-6,13H,7-12H2. The molecule has 1 aromatic heterocycles. The third-order valence-electron chi connectivity index (χ3n) is 4.47. The number of hydrogen-bond acceptors (Lipinski definition) is 4. The highest BCUT2D eigenvalue weighted by Crippen LogP contribution is 2.29. The van der Waals surface area contributed by atoms with Crippen LogP contribution in [0.4, 0.5) is 23.8 Å². The maximum atomic E-state index is 12.6. The molecule has 1 aromatic carbocycles. The predicted molar refractivity (Wildman–Crippen MR) is 102 cm³/mol. The second kappa shape index (κ2) is 8.81. The van der Waals surface area contributed by atoms with Crippen molar-refractivity contribution in [2.75, 3.05) is 37.7 Å². The predicted octanol–water partition coefficient (Wildman–Crippen LogP) is 4.36. The molecule has 2 aromatic rings. The molecule has 28 heavy (non-hydrogen) atoms. The van der Waals surface area contributed by atoms with Crippen LogP contribution in [-0.4, -0.2) is 48.8 Å². The molecular formula is C19H19BrF3N3O2. The third-order valence-corrected chi connectivity index (χ3v) is 5.00. The number of anilines is 1. The fourth-order valence-electron chi connectivity index (χ4n) is 2.86. The van der Waals surface area contributed by atoms with Crippen molar-refractivity contribution in [3.8, 4) is 0 Å². The Labute approximate surface area is 169 Å². The molecule has 1 aliphatic rings. The van der Waals surface area contributed by atoms with Gasteiger partial charge in [0.25, 0.3) is 0 Å². The van der Waals surface area contributed by atoms with Crippen LogP contribution < -0.4 is 4.90 Å². The van der Waals surface area contributed by atoms with Gasteiger partial charge in [-0.2, -0.15) is 13.2 Å². The highest BCUT2D eigenvalue weighted by Gasteiger charge is 2.31. The van der Waals surface area contributed by atoms with Crippen molar-refractivity contribution in [2.24, 2.45) is 0 Å². The number of pyridine rings is 1. The van der Waals surface area contributed by atoms with E-state index in [1.807, 2.05) is 29.2 Å². The lowest BCUT2D eigenvalue weighted by molar-refractivity contribution is -0.137. The molecule has 0 spiro atoms. The highest BCUT2D eigenvalue weighted by atomic mass is 79.9. The smallest absolute Gasteiger partial charge is 0.417 e. The first kappa shape index (κ1) is 20.4. The zero-order chi connectivity index (χ0) is 20.1. The molecule has 0 aliphatic carbocycles. The van der Waals surface area contributed by atoms with Crippen LogP contribution in [0.2, 0.25) is 0 Å². The summed E-state index contributed by atoms with van der Waals surface area (Å²) in [6.45, 7) is 2.13. The molecule has 0 radical (unpaired) electrons. The molecule has 2 heterocycles. The molecule has 0 bridgehead atoms. The maximum absolute atomic E-state index is 12.6. The summed E-state index contributed by atoms with van der Waals surface area (Å²) >= 11 is 3.37. The summed E-state index contributed by atoms with van der Waals surface area (Å²) in [6.07, 6.45) is -3.31. The number of hydrogen-bond donors (Lipinski definition) is 0. The van der Waals surface area contributed by atoms with Gasteiger partial charge in [-0.25, -0.2) is 9.78 Å². The molecule has 3 rings (SSSR count). The Bertz CT molecular complexity index is 790. The SMILES string of the molecule is O=C(OCCc1ccc(Br)cc1)N1CCN(c2ccc(C(F)(F)F)cn2)CC1. The molecule has 0 N–H and O–H groups in total. The molecule has 0 unspecified atom stereocenters. The van der Waals surface area contributed by atoms with E-state index >= 15 is 0 Å². The summed E-state index contributed by atoms with van der Waals surface area (Å²) in [4.78, 5) is 19.5. The monoisotopic (exact) mass is 457 g/mol. The van der Waals surface area contributed by atoms with Crippen molar-refractivity contribution in [1.82, 2.24) is 9.88 Å². The van der Waals surface area contributed by atoms with E-state index in [0.717, 1.165) is 22.3 Å². The van der Waals surface area contributed by atoms with Crippen LogP contribution in [0.3, 0.4) is 0 Å². The summed E-state index contributed by atoms with van der Waals surface area (Å²) in [5.41, 5.74) is 0.304. The van der Waals surface area contributed by atoms with Gasteiger partial charge in [0, 0.05) is 43.3 Å². The van der Waals surface area contributed by atoms with E-state index in [1.54, 1.807) is 4.90 Å². The number of piperazine rings is 1. The second-order valence-electron chi connectivity index (χ2n) is 6.37. The summed E-state index contributed by atoms with van der Waals surface area (Å²) in [7, 11) is 0. The van der Waals surface area contributed by atoms with Crippen LogP contribution in [0, 0.1) is 0 Å². The summed E-state index contributed by atoms with van der Waals surface area (Å²) in [5.74, 6) is 0.469. The Morgan fingerprint density at radius 2 is 1.75 bits per heavy atom. The van der Waals surface area contributed by atoms with Gasteiger partial charge in [-0.1, -0.05) is 28.1 Å². The largest absolute Gasteiger partial charge is 0.449 e. The highest BCUT2D eigenvalue weighted by molar-refractivity contribution is 9.10. The molecule has 1 aliphatic heterocycles. The molecule has 1 saturated heterocycles. The van der Waals surface area contributed by atoms with Crippen molar-refractivity contribution < 1.29 is 22.7 Å². The Morgan fingerprint density at radius 3 is 2.32 bits per heavy atom. The van der Waals surface area contributed by atoms with Gasteiger partial charge in [0.1, 0.15) is 5.82 Å². The summed E-state index contributed by atoms with van der Waals surface area (Å²) in [5, 5.41) is 0. The number of aromatic nitrogens is 1. The van der Waals surface area contributed by atoms with Gasteiger partial charge in [-0.15, -0.1) is 0 Å². The van der Waals surface area contributed by atoms with Crippen LogP contribution in [0.5, 0.6) is 0 Å². The lowest BCUT2D eigenvalue weighted by Gasteiger charge is -2.34. The van der Waals surface area contributed by atoms with Gasteiger partial charge in [0.15, 0.2) is 0 Å². The lowest BCUT2D eigenvalue weighted by Crippen LogP contribution is -2.49. The average molecular weight is 458 g/mol. The zero-order valence-corrected chi connectivity index (χ0v) is 16.5. The van der Waals surface area contributed by atoms with Crippen molar-refractivity contribution in [3.63, 3.8) is 0 Å². The van der Waals surface area contributed by atoms with Crippen molar-refractivity contribution in [1.29, 1.82) is 0 Å². The third kappa shape index (κ3) is 5.37. The molecule has 1 amide bonds. The van der Waals surface area contributed by atoms with E-state index in [9.17, 15) is 18.0 Å². The molecular weight excluding hydrogens is 439 g/mol. The van der Waals surface area contributed by atoms with Gasteiger partial charge in [-0.05, 0) is 29.8 Å². The average Bonchev–Trinajstić information content (AvgIpc) is 2.69. The first-order valence-corrected chi connectivity index (χ1v) is 9.56. The fraction of sp³-hybridized carbons (Fsp3) is 0.368. The Kier molecular flexibility index (Phi) is 6.43. The minimum atomic E-state index is -4.40. The summed E-state index contributed by atoms with van der Waals surface area (Å²) in [6, 6.07) is 10.2. The zero-order valence-electron chi connectivity index (χ0n) is 15.0. The molecule has 1 fully saturated rings. The molecule has 0 saturated carbocycles. The summed E-state index contributed by atoms with van der Waals surface area (Å²) < 4.78 is 44.2. The maximum Gasteiger partial charge on any atom is 0.417 e. The van der Waals surface area contributed by atoms with E-state index in [-0.39, 0.29) is 6.09 Å². The number of ether oxygens (including phenoxy) is 1. The van der Waals surface area contributed by atoms with Crippen LogP contribution in [-0.2, 0) is 17.3 Å². The first-order chi connectivity index (χ1) is 13.3. The normalized spacial score (nSPS) is 14.9. The number of alkyl halides is 3. The van der Waals surface area contributed by atoms with Crippen molar-refractivity contribution in [3.05, 3.63) is 58.2 Å². The molecule has 0 atom stereocenters. The number of halogens is 4. The molecule has 5 nitrogen and oxygen atoms in total. The van der Waals surface area contributed by atoms with Crippen LogP contribution in [0.15, 0.2) is 47.1 Å². The van der Waals surface area contributed by atoms with Gasteiger partial charge < -0.3 is 14.5 Å². The van der Waals surface area contributed by atoms with Crippen LogP contribution >= 0.6 is 15.9 Å². The van der Waals surface area contributed by atoms with Gasteiger partial charge in [-0.3, -0.25) is 0 Å². The van der Waals surface area contributed by atoms with Gasteiger partial charge >= 0.3 is 12.3 Å². The van der Waals surface area contributed by atoms with E-state index in [2.05, 4.69) is 20.9 Å². The first-order valence-electron chi connectivity index (χ1n) is 8.77. The Balaban J connectivity index is 1.44. The number of carbonyl (C=O) groups is 1. The molecule has 9 heteroatoms. The Morgan fingerprint density at radius 1 is 1.07 bits per heavy atom. The van der Waals surface area contributed by atoms with Crippen LogP contribution in [0.1, 0.15) is 11.1 Å². The topological polar surface area (TPSA) is 45.7 Å². The quantitative estimate of drug-likeness (QED) is 0.683. The van der Waals surface area contributed by atoms with Crippen molar-refractivity contribution in [2.45, 2.75) is 12.6 Å². The fourth-order valence-corrected chi connectivity index (χ4v) is 3.12. The molecule has 150 valence electrons. The van der Waals surface area contributed by atoms with Gasteiger partial charge in [0.05, 0.1) is 12.2 Å². The number of benzene rings is 1.